The first-order valence-electron chi connectivity index (χ1n) is 6.24. The molecule has 2 aromatic heterocycles. The van der Waals surface area contributed by atoms with Gasteiger partial charge in [-0.05, 0) is 54.6 Å². The highest BCUT2D eigenvalue weighted by molar-refractivity contribution is 9.10. The zero-order valence-corrected chi connectivity index (χ0v) is 13.1. The second-order valence-corrected chi connectivity index (χ2v) is 6.23. The molecule has 0 spiro atoms. The van der Waals surface area contributed by atoms with Crippen LogP contribution in [0.3, 0.4) is 0 Å². The van der Waals surface area contributed by atoms with Gasteiger partial charge in [-0.15, -0.1) is 10.2 Å². The van der Waals surface area contributed by atoms with Gasteiger partial charge >= 0.3 is 0 Å². The smallest absolute Gasteiger partial charge is 0.200 e. The summed E-state index contributed by atoms with van der Waals surface area (Å²) in [5.41, 5.74) is 7.76. The summed E-state index contributed by atoms with van der Waals surface area (Å²) in [6.07, 6.45) is 2.82. The topological polar surface area (TPSA) is 56.2 Å². The number of rotatable bonds is 4. The highest BCUT2D eigenvalue weighted by atomic mass is 79.9. The van der Waals surface area contributed by atoms with E-state index in [2.05, 4.69) is 38.3 Å². The number of aromatic nitrogens is 3. The number of pyridine rings is 1. The molecule has 0 aliphatic rings. The van der Waals surface area contributed by atoms with Crippen LogP contribution in [0.2, 0.25) is 0 Å². The molecule has 4 nitrogen and oxygen atoms in total. The summed E-state index contributed by atoms with van der Waals surface area (Å²) in [6.45, 7) is 0.635. The average Bonchev–Trinajstić information content (AvgIpc) is 2.86. The minimum Gasteiger partial charge on any atom is -0.330 e. The molecule has 0 radical (unpaired) electrons. The van der Waals surface area contributed by atoms with Crippen LogP contribution in [0.5, 0.6) is 0 Å². The van der Waals surface area contributed by atoms with Crippen LogP contribution in [0.15, 0.2) is 57.1 Å². The van der Waals surface area contributed by atoms with Crippen molar-refractivity contribution in [1.29, 1.82) is 0 Å². The van der Waals surface area contributed by atoms with E-state index in [1.54, 1.807) is 11.8 Å². The standard InChI is InChI=1S/C14H13BrN4S/c15-11-5-4-10(6-7-16)12(9-11)20-14-18-17-13-3-1-2-8-19(13)14/h1-5,8-9H,6-7,16H2. The maximum absolute atomic E-state index is 5.68. The van der Waals surface area contributed by atoms with Crippen LogP contribution in [0.25, 0.3) is 5.65 Å². The highest BCUT2D eigenvalue weighted by Gasteiger charge is 2.10. The summed E-state index contributed by atoms with van der Waals surface area (Å²) >= 11 is 5.12. The first-order chi connectivity index (χ1) is 9.78. The highest BCUT2D eigenvalue weighted by Crippen LogP contribution is 2.32. The molecule has 20 heavy (non-hydrogen) atoms. The third kappa shape index (κ3) is 2.72. The zero-order valence-electron chi connectivity index (χ0n) is 10.7. The van der Waals surface area contributed by atoms with Crippen LogP contribution in [0.1, 0.15) is 5.56 Å². The van der Waals surface area contributed by atoms with Crippen molar-refractivity contribution in [1.82, 2.24) is 14.6 Å². The van der Waals surface area contributed by atoms with E-state index in [0.29, 0.717) is 6.54 Å². The molecule has 0 saturated carbocycles. The van der Waals surface area contributed by atoms with Crippen molar-refractivity contribution in [3.05, 3.63) is 52.6 Å². The lowest BCUT2D eigenvalue weighted by Gasteiger charge is -2.08. The second kappa shape index (κ2) is 5.95. The molecule has 3 rings (SSSR count). The van der Waals surface area contributed by atoms with Gasteiger partial charge in [-0.25, -0.2) is 0 Å². The molecule has 2 heterocycles. The number of hydrogen-bond donors (Lipinski definition) is 1. The molecule has 1 aromatic carbocycles. The SMILES string of the molecule is NCCc1ccc(Br)cc1Sc1nnc2ccccn12. The molecule has 6 heteroatoms. The Morgan fingerprint density at radius 2 is 2.10 bits per heavy atom. The Kier molecular flexibility index (Phi) is 4.05. The van der Waals surface area contributed by atoms with Crippen molar-refractivity contribution in [2.24, 2.45) is 5.73 Å². The van der Waals surface area contributed by atoms with Crippen LogP contribution in [-0.4, -0.2) is 21.1 Å². The van der Waals surface area contributed by atoms with Gasteiger partial charge in [0.05, 0.1) is 0 Å². The lowest BCUT2D eigenvalue weighted by Crippen LogP contribution is -2.03. The summed E-state index contributed by atoms with van der Waals surface area (Å²) in [5.74, 6) is 0. The molecule has 0 aliphatic heterocycles. The van der Waals surface area contributed by atoms with Crippen molar-refractivity contribution in [2.45, 2.75) is 16.5 Å². The number of hydrogen-bond acceptors (Lipinski definition) is 4. The second-order valence-electron chi connectivity index (χ2n) is 4.30. The molecular weight excluding hydrogens is 336 g/mol. The largest absolute Gasteiger partial charge is 0.330 e. The van der Waals surface area contributed by atoms with E-state index in [1.807, 2.05) is 34.9 Å². The molecule has 0 amide bonds. The molecule has 0 saturated heterocycles. The summed E-state index contributed by atoms with van der Waals surface area (Å²) in [6, 6.07) is 12.1. The van der Waals surface area contributed by atoms with Crippen molar-refractivity contribution in [3.63, 3.8) is 0 Å². The minimum absolute atomic E-state index is 0.635. The molecule has 2 N–H and O–H groups in total. The quantitative estimate of drug-likeness (QED) is 0.786. The average molecular weight is 349 g/mol. The predicted octanol–water partition coefficient (Wildman–Crippen LogP) is 3.14. The molecule has 102 valence electrons. The molecule has 0 fully saturated rings. The van der Waals surface area contributed by atoms with Gasteiger partial charge < -0.3 is 5.73 Å². The fourth-order valence-corrected chi connectivity index (χ4v) is 3.50. The van der Waals surface area contributed by atoms with Gasteiger partial charge in [-0.2, -0.15) is 0 Å². The minimum atomic E-state index is 0.635. The number of benzene rings is 1. The monoisotopic (exact) mass is 348 g/mol. The van der Waals surface area contributed by atoms with Crippen LogP contribution in [0, 0.1) is 0 Å². The van der Waals surface area contributed by atoms with Crippen LogP contribution < -0.4 is 5.73 Å². The number of nitrogens with zero attached hydrogens (tertiary/aromatic N) is 3. The van der Waals surface area contributed by atoms with E-state index in [4.69, 9.17) is 5.73 Å². The van der Waals surface area contributed by atoms with Gasteiger partial charge in [0, 0.05) is 15.6 Å². The Morgan fingerprint density at radius 1 is 1.20 bits per heavy atom. The summed E-state index contributed by atoms with van der Waals surface area (Å²) < 4.78 is 3.03. The van der Waals surface area contributed by atoms with Crippen molar-refractivity contribution in [2.75, 3.05) is 6.54 Å². The molecule has 0 bridgehead atoms. The first-order valence-corrected chi connectivity index (χ1v) is 7.85. The normalized spacial score (nSPS) is 11.1. The van der Waals surface area contributed by atoms with E-state index in [1.165, 1.54) is 5.56 Å². The maximum Gasteiger partial charge on any atom is 0.200 e. The van der Waals surface area contributed by atoms with Crippen molar-refractivity contribution >= 4 is 33.3 Å². The van der Waals surface area contributed by atoms with E-state index >= 15 is 0 Å². The van der Waals surface area contributed by atoms with Crippen LogP contribution >= 0.6 is 27.7 Å². The van der Waals surface area contributed by atoms with Crippen molar-refractivity contribution < 1.29 is 0 Å². The molecule has 0 aliphatic carbocycles. The molecule has 0 atom stereocenters. The van der Waals surface area contributed by atoms with Gasteiger partial charge in [0.15, 0.2) is 10.8 Å². The van der Waals surface area contributed by atoms with Gasteiger partial charge in [0.25, 0.3) is 0 Å². The third-order valence-electron chi connectivity index (χ3n) is 2.93. The van der Waals surface area contributed by atoms with Crippen LogP contribution in [-0.2, 0) is 6.42 Å². The zero-order chi connectivity index (χ0) is 13.9. The summed E-state index contributed by atoms with van der Waals surface area (Å²) in [4.78, 5) is 1.16. The summed E-state index contributed by atoms with van der Waals surface area (Å²) in [7, 11) is 0. The molecule has 3 aromatic rings. The van der Waals surface area contributed by atoms with Crippen LogP contribution in [0.4, 0.5) is 0 Å². The Balaban J connectivity index is 2.00. The summed E-state index contributed by atoms with van der Waals surface area (Å²) in [5, 5.41) is 9.28. The molecular formula is C14H13BrN4S. The lowest BCUT2D eigenvalue weighted by molar-refractivity contribution is 0.912. The van der Waals surface area contributed by atoms with Crippen molar-refractivity contribution in [3.8, 4) is 0 Å². The third-order valence-corrected chi connectivity index (χ3v) is 4.48. The molecule has 0 unspecified atom stereocenters. The van der Waals surface area contributed by atoms with E-state index in [0.717, 1.165) is 26.6 Å². The predicted molar refractivity (Wildman–Crippen MR) is 84.0 cm³/mol. The van der Waals surface area contributed by atoms with Gasteiger partial charge in [-0.3, -0.25) is 4.40 Å². The Morgan fingerprint density at radius 3 is 2.95 bits per heavy atom. The maximum atomic E-state index is 5.68. The van der Waals surface area contributed by atoms with E-state index < -0.39 is 0 Å². The number of fused-ring (bicyclic) bond motifs is 1. The fraction of sp³-hybridized carbons (Fsp3) is 0.143. The first kappa shape index (κ1) is 13.6. The Hall–Kier alpha value is -1.37. The fourth-order valence-electron chi connectivity index (χ4n) is 1.97. The number of nitrogens with two attached hydrogens (primary N) is 1. The van der Waals surface area contributed by atoms with E-state index in [-0.39, 0.29) is 0 Å². The Labute approximate surface area is 129 Å². The lowest BCUT2D eigenvalue weighted by atomic mass is 10.1. The van der Waals surface area contributed by atoms with Gasteiger partial charge in [-0.1, -0.05) is 28.1 Å². The van der Waals surface area contributed by atoms with Gasteiger partial charge in [0.2, 0.25) is 0 Å². The Bertz CT molecular complexity index is 741. The van der Waals surface area contributed by atoms with Gasteiger partial charge in [0.1, 0.15) is 0 Å². The number of halogens is 1. The van der Waals surface area contributed by atoms with E-state index in [9.17, 15) is 0 Å².